The zero-order valence-electron chi connectivity index (χ0n) is 10.0. The summed E-state index contributed by atoms with van der Waals surface area (Å²) in [5.74, 6) is 0.907. The lowest BCUT2D eigenvalue weighted by atomic mass is 9.96. The van der Waals surface area contributed by atoms with Gasteiger partial charge in [0.1, 0.15) is 17.3 Å². The largest absolute Gasteiger partial charge is 0.359 e. The minimum absolute atomic E-state index is 0.235. The number of nitrogens with zero attached hydrogens (tertiary/aromatic N) is 3. The molecule has 0 unspecified atom stereocenters. The highest BCUT2D eigenvalue weighted by Crippen LogP contribution is 2.24. The fraction of sp³-hybridized carbons (Fsp3) is 0.636. The first-order valence-electron chi connectivity index (χ1n) is 4.99. The summed E-state index contributed by atoms with van der Waals surface area (Å²) in [6, 6.07) is 0. The molecule has 1 aromatic heterocycles. The maximum absolute atomic E-state index is 5.95. The van der Waals surface area contributed by atoms with Gasteiger partial charge in [0.2, 0.25) is 0 Å². The van der Waals surface area contributed by atoms with E-state index in [1.165, 1.54) is 6.33 Å². The minimum atomic E-state index is 0.235. The molecule has 0 N–H and O–H groups in total. The van der Waals surface area contributed by atoms with E-state index in [9.17, 15) is 0 Å². The van der Waals surface area contributed by atoms with E-state index in [1.54, 1.807) is 0 Å². The molecule has 1 heterocycles. The smallest absolute Gasteiger partial charge is 0.137 e. The van der Waals surface area contributed by atoms with Crippen LogP contribution in [0.4, 0.5) is 5.82 Å². The molecule has 0 aromatic carbocycles. The number of anilines is 1. The van der Waals surface area contributed by atoms with Gasteiger partial charge in [-0.2, -0.15) is 0 Å². The van der Waals surface area contributed by atoms with E-state index in [-0.39, 0.29) is 5.41 Å². The minimum Gasteiger partial charge on any atom is -0.359 e. The first-order valence-corrected chi connectivity index (χ1v) is 5.37. The fourth-order valence-electron chi connectivity index (χ4n) is 1.59. The zero-order valence-corrected chi connectivity index (χ0v) is 10.8. The van der Waals surface area contributed by atoms with E-state index < -0.39 is 0 Å². The molecule has 84 valence electrons. The summed E-state index contributed by atoms with van der Waals surface area (Å²) in [5, 5.41) is 0.528. The number of hydrogen-bond acceptors (Lipinski definition) is 3. The van der Waals surface area contributed by atoms with Crippen LogP contribution in [0.1, 0.15) is 26.3 Å². The van der Waals surface area contributed by atoms with Crippen LogP contribution in [0.15, 0.2) is 6.33 Å². The second-order valence-corrected chi connectivity index (χ2v) is 5.39. The molecule has 0 aliphatic carbocycles. The average Bonchev–Trinajstić information content (AvgIpc) is 2.06. The van der Waals surface area contributed by atoms with Crippen molar-refractivity contribution in [3.8, 4) is 0 Å². The Morgan fingerprint density at radius 3 is 2.47 bits per heavy atom. The highest BCUT2D eigenvalue weighted by molar-refractivity contribution is 6.30. The van der Waals surface area contributed by atoms with Gasteiger partial charge >= 0.3 is 0 Å². The van der Waals surface area contributed by atoms with E-state index in [0.717, 1.165) is 17.9 Å². The molecular formula is C11H18ClN3. The topological polar surface area (TPSA) is 29.0 Å². The van der Waals surface area contributed by atoms with Gasteiger partial charge in [0.15, 0.2) is 0 Å². The van der Waals surface area contributed by atoms with Gasteiger partial charge in [-0.15, -0.1) is 0 Å². The molecule has 1 rings (SSSR count). The number of hydrogen-bond donors (Lipinski definition) is 0. The van der Waals surface area contributed by atoms with Crippen LogP contribution in [-0.2, 0) is 0 Å². The third-order valence-electron chi connectivity index (χ3n) is 2.07. The van der Waals surface area contributed by atoms with Crippen LogP contribution >= 0.6 is 11.6 Å². The molecule has 0 saturated carbocycles. The van der Waals surface area contributed by atoms with Gasteiger partial charge in [0.25, 0.3) is 0 Å². The normalized spacial score (nSPS) is 11.6. The molecule has 4 heteroatoms. The van der Waals surface area contributed by atoms with Crippen LogP contribution in [0.5, 0.6) is 0 Å². The van der Waals surface area contributed by atoms with E-state index in [0.29, 0.717) is 5.15 Å². The molecule has 0 aliphatic rings. The van der Waals surface area contributed by atoms with Crippen molar-refractivity contribution in [1.29, 1.82) is 0 Å². The molecule has 0 radical (unpaired) electrons. The summed E-state index contributed by atoms with van der Waals surface area (Å²) in [6.45, 7) is 9.46. The predicted octanol–water partition coefficient (Wildman–Crippen LogP) is 2.92. The summed E-state index contributed by atoms with van der Waals surface area (Å²) >= 11 is 5.95. The summed E-state index contributed by atoms with van der Waals surface area (Å²) in [5.41, 5.74) is 1.17. The fourth-order valence-corrected chi connectivity index (χ4v) is 1.72. The van der Waals surface area contributed by atoms with E-state index in [2.05, 4.69) is 35.6 Å². The second-order valence-electron chi connectivity index (χ2n) is 5.03. The van der Waals surface area contributed by atoms with Crippen molar-refractivity contribution in [2.24, 2.45) is 5.41 Å². The molecule has 3 nitrogen and oxygen atoms in total. The first kappa shape index (κ1) is 12.2. The predicted molar refractivity (Wildman–Crippen MR) is 64.5 cm³/mol. The average molecular weight is 228 g/mol. The Balaban J connectivity index is 2.92. The van der Waals surface area contributed by atoms with Crippen LogP contribution in [0.3, 0.4) is 0 Å². The Hall–Kier alpha value is -0.830. The number of halogens is 1. The van der Waals surface area contributed by atoms with Crippen LogP contribution in [0, 0.1) is 12.3 Å². The highest BCUT2D eigenvalue weighted by atomic mass is 35.5. The lowest BCUT2D eigenvalue weighted by Gasteiger charge is -2.28. The van der Waals surface area contributed by atoms with Crippen LogP contribution in [-0.4, -0.2) is 23.6 Å². The first-order chi connectivity index (χ1) is 6.81. The quantitative estimate of drug-likeness (QED) is 0.728. The molecular weight excluding hydrogens is 210 g/mol. The number of rotatable bonds is 2. The Labute approximate surface area is 96.5 Å². The summed E-state index contributed by atoms with van der Waals surface area (Å²) in [4.78, 5) is 10.3. The van der Waals surface area contributed by atoms with E-state index in [1.807, 2.05) is 14.0 Å². The maximum Gasteiger partial charge on any atom is 0.137 e. The molecule has 0 bridgehead atoms. The van der Waals surface area contributed by atoms with Crippen molar-refractivity contribution >= 4 is 17.4 Å². The monoisotopic (exact) mass is 227 g/mol. The summed E-state index contributed by atoms with van der Waals surface area (Å²) in [6.07, 6.45) is 1.50. The van der Waals surface area contributed by atoms with Crippen LogP contribution in [0.25, 0.3) is 0 Å². The van der Waals surface area contributed by atoms with Crippen LogP contribution < -0.4 is 4.90 Å². The SMILES string of the molecule is Cc1c(Cl)ncnc1N(C)CC(C)(C)C. The van der Waals surface area contributed by atoms with Gasteiger partial charge in [-0.05, 0) is 12.3 Å². The van der Waals surface area contributed by atoms with Crippen molar-refractivity contribution in [3.63, 3.8) is 0 Å². The Morgan fingerprint density at radius 1 is 1.33 bits per heavy atom. The summed E-state index contributed by atoms with van der Waals surface area (Å²) in [7, 11) is 2.02. The van der Waals surface area contributed by atoms with Crippen molar-refractivity contribution < 1.29 is 0 Å². The van der Waals surface area contributed by atoms with Crippen molar-refractivity contribution in [2.45, 2.75) is 27.7 Å². The van der Waals surface area contributed by atoms with Crippen molar-refractivity contribution in [3.05, 3.63) is 17.0 Å². The third kappa shape index (κ3) is 3.34. The third-order valence-corrected chi connectivity index (χ3v) is 2.45. The van der Waals surface area contributed by atoms with Gasteiger partial charge < -0.3 is 4.90 Å². The second kappa shape index (κ2) is 4.35. The highest BCUT2D eigenvalue weighted by Gasteiger charge is 2.17. The molecule has 15 heavy (non-hydrogen) atoms. The molecule has 0 saturated heterocycles. The van der Waals surface area contributed by atoms with Gasteiger partial charge in [-0.25, -0.2) is 9.97 Å². The standard InChI is InChI=1S/C11H18ClN3/c1-8-9(12)13-7-14-10(8)15(5)6-11(2,3)4/h7H,6H2,1-5H3. The molecule has 1 aromatic rings. The molecule has 0 amide bonds. The van der Waals surface area contributed by atoms with E-state index in [4.69, 9.17) is 11.6 Å². The Kier molecular flexibility index (Phi) is 3.55. The van der Waals surface area contributed by atoms with Gasteiger partial charge in [0.05, 0.1) is 0 Å². The van der Waals surface area contributed by atoms with Gasteiger partial charge in [0, 0.05) is 19.2 Å². The Morgan fingerprint density at radius 2 is 1.93 bits per heavy atom. The van der Waals surface area contributed by atoms with Crippen molar-refractivity contribution in [2.75, 3.05) is 18.5 Å². The van der Waals surface area contributed by atoms with Crippen molar-refractivity contribution in [1.82, 2.24) is 9.97 Å². The Bertz CT molecular complexity index is 344. The van der Waals surface area contributed by atoms with Gasteiger partial charge in [-0.1, -0.05) is 32.4 Å². The molecule has 0 aliphatic heterocycles. The zero-order chi connectivity index (χ0) is 11.6. The lowest BCUT2D eigenvalue weighted by Crippen LogP contribution is -2.30. The molecule has 0 spiro atoms. The lowest BCUT2D eigenvalue weighted by molar-refractivity contribution is 0.417. The maximum atomic E-state index is 5.95. The molecule has 0 fully saturated rings. The number of aromatic nitrogens is 2. The van der Waals surface area contributed by atoms with Crippen LogP contribution in [0.2, 0.25) is 5.15 Å². The summed E-state index contributed by atoms with van der Waals surface area (Å²) < 4.78 is 0. The van der Waals surface area contributed by atoms with Gasteiger partial charge in [-0.3, -0.25) is 0 Å². The molecule has 0 atom stereocenters. The van der Waals surface area contributed by atoms with E-state index >= 15 is 0 Å².